The number of halogens is 1. The molecular formula is C15H15FO2. The summed E-state index contributed by atoms with van der Waals surface area (Å²) in [6.07, 6.45) is 0. The molecule has 0 N–H and O–H groups in total. The highest BCUT2D eigenvalue weighted by atomic mass is 19.1. The molecule has 0 aliphatic rings. The van der Waals surface area contributed by atoms with Crippen LogP contribution in [0.4, 0.5) is 4.39 Å². The summed E-state index contributed by atoms with van der Waals surface area (Å²) < 4.78 is 23.9. The van der Waals surface area contributed by atoms with E-state index in [1.54, 1.807) is 12.1 Å². The van der Waals surface area contributed by atoms with Gasteiger partial charge in [0.05, 0.1) is 7.11 Å². The largest absolute Gasteiger partial charge is 0.494 e. The summed E-state index contributed by atoms with van der Waals surface area (Å²) in [5.41, 5.74) is 1.95. The molecule has 2 nitrogen and oxygen atoms in total. The van der Waals surface area contributed by atoms with Gasteiger partial charge in [-0.05, 0) is 36.8 Å². The van der Waals surface area contributed by atoms with Gasteiger partial charge in [-0.25, -0.2) is 4.39 Å². The van der Waals surface area contributed by atoms with E-state index in [1.165, 1.54) is 18.7 Å². The first-order chi connectivity index (χ1) is 8.69. The molecule has 94 valence electrons. The van der Waals surface area contributed by atoms with Crippen molar-refractivity contribution in [1.82, 2.24) is 0 Å². The van der Waals surface area contributed by atoms with Crippen molar-refractivity contribution in [2.75, 3.05) is 7.11 Å². The normalized spacial score (nSPS) is 10.2. The van der Waals surface area contributed by atoms with Crippen LogP contribution in [0.15, 0.2) is 42.5 Å². The lowest BCUT2D eigenvalue weighted by atomic mass is 10.2. The maximum Gasteiger partial charge on any atom is 0.165 e. The van der Waals surface area contributed by atoms with Crippen molar-refractivity contribution in [1.29, 1.82) is 0 Å². The van der Waals surface area contributed by atoms with E-state index in [0.717, 1.165) is 11.3 Å². The van der Waals surface area contributed by atoms with Crippen LogP contribution in [0.3, 0.4) is 0 Å². The number of aryl methyl sites for hydroxylation is 1. The molecule has 0 spiro atoms. The van der Waals surface area contributed by atoms with Gasteiger partial charge in [0.25, 0.3) is 0 Å². The van der Waals surface area contributed by atoms with Gasteiger partial charge in [-0.2, -0.15) is 0 Å². The molecule has 2 rings (SSSR count). The summed E-state index contributed by atoms with van der Waals surface area (Å²) in [5, 5.41) is 0. The van der Waals surface area contributed by atoms with Gasteiger partial charge in [0.1, 0.15) is 12.4 Å². The summed E-state index contributed by atoms with van der Waals surface area (Å²) in [6.45, 7) is 2.35. The molecule has 0 aromatic heterocycles. The fourth-order valence-corrected chi connectivity index (χ4v) is 1.60. The third kappa shape index (κ3) is 3.00. The van der Waals surface area contributed by atoms with Crippen LogP contribution >= 0.6 is 0 Å². The quantitative estimate of drug-likeness (QED) is 0.818. The molecule has 0 amide bonds. The minimum Gasteiger partial charge on any atom is -0.494 e. The lowest BCUT2D eigenvalue weighted by Gasteiger charge is -2.08. The fourth-order valence-electron chi connectivity index (χ4n) is 1.60. The van der Waals surface area contributed by atoms with Crippen molar-refractivity contribution in [3.8, 4) is 11.5 Å². The third-order valence-corrected chi connectivity index (χ3v) is 2.64. The first-order valence-corrected chi connectivity index (χ1v) is 5.71. The molecule has 0 unspecified atom stereocenters. The molecule has 3 heteroatoms. The molecule has 0 radical (unpaired) electrons. The van der Waals surface area contributed by atoms with Crippen LogP contribution in [0.5, 0.6) is 11.5 Å². The van der Waals surface area contributed by atoms with Crippen molar-refractivity contribution >= 4 is 0 Å². The van der Waals surface area contributed by atoms with E-state index < -0.39 is 0 Å². The Morgan fingerprint density at radius 2 is 1.78 bits per heavy atom. The predicted octanol–water partition coefficient (Wildman–Crippen LogP) is 3.72. The molecule has 0 aliphatic carbocycles. The highest BCUT2D eigenvalue weighted by Crippen LogP contribution is 2.19. The van der Waals surface area contributed by atoms with Crippen molar-refractivity contribution in [2.45, 2.75) is 13.5 Å². The van der Waals surface area contributed by atoms with Gasteiger partial charge in [0.15, 0.2) is 11.6 Å². The Kier molecular flexibility index (Phi) is 3.82. The topological polar surface area (TPSA) is 18.5 Å². The second-order valence-electron chi connectivity index (χ2n) is 4.07. The zero-order chi connectivity index (χ0) is 13.0. The average Bonchev–Trinajstić information content (AvgIpc) is 2.38. The molecule has 0 saturated heterocycles. The minimum atomic E-state index is -0.373. The standard InChI is InChI=1S/C15H15FO2/c1-11-3-6-13(7-4-11)18-10-12-5-8-15(17-2)14(16)9-12/h3-9H,10H2,1-2H3. The zero-order valence-corrected chi connectivity index (χ0v) is 10.4. The Balaban J connectivity index is 2.02. The van der Waals surface area contributed by atoms with Crippen molar-refractivity contribution in [3.05, 3.63) is 59.4 Å². The molecule has 2 aromatic rings. The van der Waals surface area contributed by atoms with Gasteiger partial charge in [-0.1, -0.05) is 23.8 Å². The van der Waals surface area contributed by atoms with Crippen LogP contribution in [-0.4, -0.2) is 7.11 Å². The van der Waals surface area contributed by atoms with E-state index in [4.69, 9.17) is 9.47 Å². The Bertz CT molecular complexity index is 521. The number of hydrogen-bond acceptors (Lipinski definition) is 2. The third-order valence-electron chi connectivity index (χ3n) is 2.64. The molecular weight excluding hydrogens is 231 g/mol. The van der Waals surface area contributed by atoms with E-state index in [-0.39, 0.29) is 11.6 Å². The van der Waals surface area contributed by atoms with Gasteiger partial charge in [-0.3, -0.25) is 0 Å². The van der Waals surface area contributed by atoms with Crippen LogP contribution in [0.25, 0.3) is 0 Å². The summed E-state index contributed by atoms with van der Waals surface area (Å²) in [5.74, 6) is 0.647. The predicted molar refractivity (Wildman–Crippen MR) is 68.5 cm³/mol. The molecule has 2 aromatic carbocycles. The van der Waals surface area contributed by atoms with Gasteiger partial charge in [0, 0.05) is 0 Å². The van der Waals surface area contributed by atoms with E-state index in [9.17, 15) is 4.39 Å². The number of ether oxygens (including phenoxy) is 2. The van der Waals surface area contributed by atoms with Crippen LogP contribution < -0.4 is 9.47 Å². The number of hydrogen-bond donors (Lipinski definition) is 0. The molecule has 0 atom stereocenters. The van der Waals surface area contributed by atoms with Crippen LogP contribution in [0.1, 0.15) is 11.1 Å². The smallest absolute Gasteiger partial charge is 0.165 e. The van der Waals surface area contributed by atoms with Gasteiger partial charge in [-0.15, -0.1) is 0 Å². The van der Waals surface area contributed by atoms with Crippen molar-refractivity contribution < 1.29 is 13.9 Å². The molecule has 0 heterocycles. The van der Waals surface area contributed by atoms with E-state index in [1.807, 2.05) is 31.2 Å². The Morgan fingerprint density at radius 3 is 2.39 bits per heavy atom. The van der Waals surface area contributed by atoms with E-state index in [2.05, 4.69) is 0 Å². The minimum absolute atomic E-state index is 0.245. The van der Waals surface area contributed by atoms with E-state index in [0.29, 0.717) is 6.61 Å². The fraction of sp³-hybridized carbons (Fsp3) is 0.200. The average molecular weight is 246 g/mol. The second-order valence-corrected chi connectivity index (χ2v) is 4.07. The summed E-state index contributed by atoms with van der Waals surface area (Å²) in [4.78, 5) is 0. The monoisotopic (exact) mass is 246 g/mol. The number of methoxy groups -OCH3 is 1. The van der Waals surface area contributed by atoms with Crippen LogP contribution in [-0.2, 0) is 6.61 Å². The van der Waals surface area contributed by atoms with Crippen molar-refractivity contribution in [2.24, 2.45) is 0 Å². The maximum absolute atomic E-state index is 13.4. The molecule has 18 heavy (non-hydrogen) atoms. The molecule has 0 saturated carbocycles. The first kappa shape index (κ1) is 12.4. The van der Waals surface area contributed by atoms with Crippen LogP contribution in [0, 0.1) is 12.7 Å². The van der Waals surface area contributed by atoms with Crippen molar-refractivity contribution in [3.63, 3.8) is 0 Å². The van der Waals surface area contributed by atoms with Gasteiger partial charge < -0.3 is 9.47 Å². The second kappa shape index (κ2) is 5.54. The number of rotatable bonds is 4. The van der Waals surface area contributed by atoms with Gasteiger partial charge in [0.2, 0.25) is 0 Å². The molecule has 0 aliphatic heterocycles. The Morgan fingerprint density at radius 1 is 1.06 bits per heavy atom. The highest BCUT2D eigenvalue weighted by molar-refractivity contribution is 5.30. The zero-order valence-electron chi connectivity index (χ0n) is 10.4. The Labute approximate surface area is 106 Å². The SMILES string of the molecule is COc1ccc(COc2ccc(C)cc2)cc1F. The molecule has 0 bridgehead atoms. The van der Waals surface area contributed by atoms with Crippen LogP contribution in [0.2, 0.25) is 0 Å². The van der Waals surface area contributed by atoms with Gasteiger partial charge >= 0.3 is 0 Å². The summed E-state index contributed by atoms with van der Waals surface area (Å²) >= 11 is 0. The number of benzene rings is 2. The highest BCUT2D eigenvalue weighted by Gasteiger charge is 2.03. The summed E-state index contributed by atoms with van der Waals surface area (Å²) in [6, 6.07) is 12.6. The van der Waals surface area contributed by atoms with E-state index >= 15 is 0 Å². The first-order valence-electron chi connectivity index (χ1n) is 5.71. The maximum atomic E-state index is 13.4. The summed E-state index contributed by atoms with van der Waals surface area (Å²) in [7, 11) is 1.45. The molecule has 0 fully saturated rings. The lowest BCUT2D eigenvalue weighted by molar-refractivity contribution is 0.304. The Hall–Kier alpha value is -2.03. The lowest BCUT2D eigenvalue weighted by Crippen LogP contribution is -1.97.